The van der Waals surface area contributed by atoms with Crippen LogP contribution in [-0.2, 0) is 9.59 Å². The minimum Gasteiger partial charge on any atom is -0.493 e. The molecule has 1 fully saturated rings. The Kier molecular flexibility index (Phi) is 8.83. The molecule has 214 valence electrons. The second-order valence-electron chi connectivity index (χ2n) is 9.69. The number of carbonyl (C=O) groups excluding carboxylic acids is 2. The number of methoxy groups -OCH3 is 1. The number of likely N-dealkylation sites (tertiary alicyclic amines) is 1. The third kappa shape index (κ3) is 6.86. The quantitative estimate of drug-likeness (QED) is 0.241. The summed E-state index contributed by atoms with van der Waals surface area (Å²) in [5.74, 6) is 0.778. The van der Waals surface area contributed by atoms with E-state index in [0.717, 1.165) is 44.3 Å². The maximum atomic E-state index is 12.9. The SMILES string of the molecule is COc1cc2c(Nc3ccc(OCC(F)F)c(C4=CC(=O)C=CC4=O)c3)ncnc2cc1OCCCN1CCCC1. The number of fused-ring (bicyclic) bond motifs is 1. The van der Waals surface area contributed by atoms with E-state index in [9.17, 15) is 18.4 Å². The maximum absolute atomic E-state index is 12.9. The van der Waals surface area contributed by atoms with Gasteiger partial charge >= 0.3 is 0 Å². The Morgan fingerprint density at radius 2 is 1.83 bits per heavy atom. The van der Waals surface area contributed by atoms with E-state index in [1.807, 2.05) is 0 Å². The lowest BCUT2D eigenvalue weighted by molar-refractivity contribution is -0.113. The first kappa shape index (κ1) is 28.2. The highest BCUT2D eigenvalue weighted by Crippen LogP contribution is 2.36. The molecule has 3 aromatic rings. The first-order valence-electron chi connectivity index (χ1n) is 13.4. The summed E-state index contributed by atoms with van der Waals surface area (Å²) in [4.78, 5) is 35.8. The number of rotatable bonds is 12. The van der Waals surface area contributed by atoms with Crippen LogP contribution in [0.3, 0.4) is 0 Å². The molecule has 2 aliphatic rings. The van der Waals surface area contributed by atoms with Crippen molar-refractivity contribution in [3.8, 4) is 17.2 Å². The van der Waals surface area contributed by atoms with Crippen molar-refractivity contribution in [3.63, 3.8) is 0 Å². The van der Waals surface area contributed by atoms with Crippen LogP contribution in [0, 0.1) is 0 Å². The molecule has 9 nitrogen and oxygen atoms in total. The lowest BCUT2D eigenvalue weighted by atomic mass is 9.95. The second-order valence-corrected chi connectivity index (χ2v) is 9.69. The third-order valence-electron chi connectivity index (χ3n) is 6.84. The van der Waals surface area contributed by atoms with Gasteiger partial charge < -0.3 is 24.4 Å². The maximum Gasteiger partial charge on any atom is 0.272 e. The van der Waals surface area contributed by atoms with Gasteiger partial charge in [0, 0.05) is 34.8 Å². The summed E-state index contributed by atoms with van der Waals surface area (Å²) >= 11 is 0. The zero-order valence-corrected chi connectivity index (χ0v) is 22.6. The molecule has 2 aromatic carbocycles. The number of alkyl halides is 2. The van der Waals surface area contributed by atoms with Gasteiger partial charge in [0.05, 0.1) is 19.2 Å². The Labute approximate surface area is 235 Å². The van der Waals surface area contributed by atoms with Crippen molar-refractivity contribution in [1.82, 2.24) is 14.9 Å². The minimum atomic E-state index is -2.71. The highest BCUT2D eigenvalue weighted by molar-refractivity contribution is 6.34. The number of halogens is 2. The number of hydrogen-bond acceptors (Lipinski definition) is 9. The van der Waals surface area contributed by atoms with Gasteiger partial charge in [-0.25, -0.2) is 18.7 Å². The Morgan fingerprint density at radius 1 is 1.00 bits per heavy atom. The Balaban J connectivity index is 1.40. The monoisotopic (exact) mass is 564 g/mol. The molecule has 1 aliphatic carbocycles. The number of nitrogens with one attached hydrogen (secondary N) is 1. The van der Waals surface area contributed by atoms with Crippen LogP contribution in [0.15, 0.2) is 54.9 Å². The lowest BCUT2D eigenvalue weighted by Gasteiger charge is -2.17. The van der Waals surface area contributed by atoms with Crippen LogP contribution in [0.4, 0.5) is 20.3 Å². The molecule has 0 bridgehead atoms. The lowest BCUT2D eigenvalue weighted by Crippen LogP contribution is -2.21. The average molecular weight is 565 g/mol. The van der Waals surface area contributed by atoms with E-state index in [2.05, 4.69) is 20.2 Å². The van der Waals surface area contributed by atoms with Crippen molar-refractivity contribution in [2.24, 2.45) is 0 Å². The van der Waals surface area contributed by atoms with Gasteiger partial charge in [-0.3, -0.25) is 9.59 Å². The number of ketones is 2. The largest absolute Gasteiger partial charge is 0.493 e. The van der Waals surface area contributed by atoms with E-state index in [0.29, 0.717) is 40.5 Å². The predicted octanol–water partition coefficient (Wildman–Crippen LogP) is 4.98. The summed E-state index contributed by atoms with van der Waals surface area (Å²) in [6.07, 6.45) is 5.56. The fourth-order valence-electron chi connectivity index (χ4n) is 4.87. The average Bonchev–Trinajstić information content (AvgIpc) is 3.49. The molecule has 1 aromatic heterocycles. The summed E-state index contributed by atoms with van der Waals surface area (Å²) in [7, 11) is 1.56. The molecule has 0 amide bonds. The van der Waals surface area contributed by atoms with Gasteiger partial charge in [0.1, 0.15) is 24.5 Å². The van der Waals surface area contributed by atoms with Crippen LogP contribution < -0.4 is 19.5 Å². The number of ether oxygens (including phenoxy) is 3. The molecule has 0 unspecified atom stereocenters. The van der Waals surface area contributed by atoms with Crippen LogP contribution in [0.25, 0.3) is 16.5 Å². The first-order chi connectivity index (χ1) is 19.9. The van der Waals surface area contributed by atoms with E-state index in [4.69, 9.17) is 14.2 Å². The van der Waals surface area contributed by atoms with Crippen LogP contribution in [0.5, 0.6) is 17.2 Å². The fourth-order valence-corrected chi connectivity index (χ4v) is 4.87. The summed E-state index contributed by atoms with van der Waals surface area (Å²) in [5, 5.41) is 3.85. The number of hydrogen-bond donors (Lipinski definition) is 1. The molecule has 1 aliphatic heterocycles. The number of nitrogens with zero attached hydrogens (tertiary/aromatic N) is 3. The number of benzene rings is 2. The fraction of sp³-hybridized carbons (Fsp3) is 0.333. The topological polar surface area (TPSA) is 103 Å². The summed E-state index contributed by atoms with van der Waals surface area (Å²) in [5.41, 5.74) is 1.36. The van der Waals surface area contributed by atoms with Crippen molar-refractivity contribution in [2.45, 2.75) is 25.7 Å². The molecule has 1 N–H and O–H groups in total. The molecular formula is C30H30F2N4O5. The van der Waals surface area contributed by atoms with Gasteiger partial charge in [-0.05, 0) is 74.8 Å². The molecular weight excluding hydrogens is 534 g/mol. The van der Waals surface area contributed by atoms with Crippen molar-refractivity contribution >= 4 is 39.5 Å². The summed E-state index contributed by atoms with van der Waals surface area (Å²) in [6, 6.07) is 8.21. The van der Waals surface area contributed by atoms with Gasteiger partial charge in [0.25, 0.3) is 6.43 Å². The standard InChI is InChI=1S/C30H30F2N4O5/c1-39-27-15-23-24(16-28(27)40-12-4-11-36-9-2-3-10-36)33-18-34-30(23)35-19-5-8-26(41-17-29(31)32)22(13-19)21-14-20(37)6-7-25(21)38/h5-8,13-16,18,29H,2-4,9-12,17H2,1H3,(H,33,34,35). The molecule has 2 heterocycles. The molecule has 5 rings (SSSR count). The Morgan fingerprint density at radius 3 is 2.61 bits per heavy atom. The molecule has 41 heavy (non-hydrogen) atoms. The molecule has 0 saturated carbocycles. The normalized spacial score (nSPS) is 15.5. The minimum absolute atomic E-state index is 0.0474. The highest BCUT2D eigenvalue weighted by Gasteiger charge is 2.21. The van der Waals surface area contributed by atoms with Gasteiger partial charge in [-0.1, -0.05) is 0 Å². The van der Waals surface area contributed by atoms with E-state index in [1.165, 1.54) is 25.2 Å². The molecule has 1 saturated heterocycles. The zero-order chi connectivity index (χ0) is 28.8. The summed E-state index contributed by atoms with van der Waals surface area (Å²) in [6.45, 7) is 2.96. The molecule has 0 atom stereocenters. The van der Waals surface area contributed by atoms with Crippen LogP contribution in [-0.4, -0.2) is 72.8 Å². The zero-order valence-electron chi connectivity index (χ0n) is 22.6. The smallest absolute Gasteiger partial charge is 0.272 e. The van der Waals surface area contributed by atoms with Crippen LogP contribution in [0.2, 0.25) is 0 Å². The number of allylic oxidation sites excluding steroid dienone is 4. The van der Waals surface area contributed by atoms with Crippen LogP contribution in [0.1, 0.15) is 24.8 Å². The van der Waals surface area contributed by atoms with E-state index in [-0.39, 0.29) is 22.7 Å². The number of anilines is 2. The summed E-state index contributed by atoms with van der Waals surface area (Å²) < 4.78 is 42.6. The predicted molar refractivity (Wildman–Crippen MR) is 150 cm³/mol. The van der Waals surface area contributed by atoms with E-state index >= 15 is 0 Å². The number of aromatic nitrogens is 2. The second kappa shape index (κ2) is 12.9. The molecule has 11 heteroatoms. The van der Waals surface area contributed by atoms with Crippen molar-refractivity contribution in [3.05, 3.63) is 60.5 Å². The Bertz CT molecular complexity index is 1500. The van der Waals surface area contributed by atoms with Crippen molar-refractivity contribution < 1.29 is 32.6 Å². The van der Waals surface area contributed by atoms with E-state index < -0.39 is 18.8 Å². The molecule has 0 spiro atoms. The van der Waals surface area contributed by atoms with Gasteiger partial charge in [0.2, 0.25) is 0 Å². The van der Waals surface area contributed by atoms with Crippen molar-refractivity contribution in [1.29, 1.82) is 0 Å². The van der Waals surface area contributed by atoms with Gasteiger partial charge in [0.15, 0.2) is 23.1 Å². The molecule has 0 radical (unpaired) electrons. The van der Waals surface area contributed by atoms with Gasteiger partial charge in [-0.15, -0.1) is 0 Å². The first-order valence-corrected chi connectivity index (χ1v) is 13.4. The van der Waals surface area contributed by atoms with Gasteiger partial charge in [-0.2, -0.15) is 0 Å². The Hall–Kier alpha value is -4.38. The number of carbonyl (C=O) groups is 2. The van der Waals surface area contributed by atoms with E-state index in [1.54, 1.807) is 31.4 Å². The highest BCUT2D eigenvalue weighted by atomic mass is 19.3. The third-order valence-corrected chi connectivity index (χ3v) is 6.84. The van der Waals surface area contributed by atoms with Crippen LogP contribution >= 0.6 is 0 Å². The van der Waals surface area contributed by atoms with Crippen molar-refractivity contribution in [2.75, 3.05) is 45.3 Å².